The lowest BCUT2D eigenvalue weighted by Gasteiger charge is -2.09. The van der Waals surface area contributed by atoms with E-state index >= 15 is 0 Å². The molecule has 15 heavy (non-hydrogen) atoms. The quantitative estimate of drug-likeness (QED) is 0.757. The Morgan fingerprint density at radius 1 is 1.33 bits per heavy atom. The smallest absolute Gasteiger partial charge is 0.251 e. The summed E-state index contributed by atoms with van der Waals surface area (Å²) in [5, 5.41) is 1.06. The van der Waals surface area contributed by atoms with E-state index in [4.69, 9.17) is 5.73 Å². The third-order valence-corrected chi connectivity index (χ3v) is 2.71. The Hall–Kier alpha value is -1.61. The SMILES string of the molecule is Cc1ccc2c(CN)cc(=O)n(C)c2c1. The summed E-state index contributed by atoms with van der Waals surface area (Å²) in [7, 11) is 1.78. The van der Waals surface area contributed by atoms with Crippen molar-refractivity contribution in [2.75, 3.05) is 0 Å². The molecular formula is C12H14N2O. The average molecular weight is 202 g/mol. The molecule has 0 saturated heterocycles. The van der Waals surface area contributed by atoms with Crippen molar-refractivity contribution >= 4 is 10.9 Å². The van der Waals surface area contributed by atoms with Crippen LogP contribution in [0.3, 0.4) is 0 Å². The summed E-state index contributed by atoms with van der Waals surface area (Å²) in [6.07, 6.45) is 0. The molecule has 0 saturated carbocycles. The van der Waals surface area contributed by atoms with Gasteiger partial charge in [-0.25, -0.2) is 0 Å². The van der Waals surface area contributed by atoms with E-state index in [0.717, 1.165) is 22.0 Å². The average Bonchev–Trinajstić information content (AvgIpc) is 2.23. The summed E-state index contributed by atoms with van der Waals surface area (Å²) < 4.78 is 1.65. The summed E-state index contributed by atoms with van der Waals surface area (Å²) in [6, 6.07) is 7.67. The fourth-order valence-corrected chi connectivity index (χ4v) is 1.80. The van der Waals surface area contributed by atoms with Crippen molar-refractivity contribution < 1.29 is 0 Å². The monoisotopic (exact) mass is 202 g/mol. The fraction of sp³-hybridized carbons (Fsp3) is 0.250. The van der Waals surface area contributed by atoms with E-state index in [-0.39, 0.29) is 5.56 Å². The molecule has 0 spiro atoms. The van der Waals surface area contributed by atoms with Gasteiger partial charge in [0.2, 0.25) is 0 Å². The molecule has 3 nitrogen and oxygen atoms in total. The number of hydrogen-bond acceptors (Lipinski definition) is 2. The van der Waals surface area contributed by atoms with Gasteiger partial charge in [-0.2, -0.15) is 0 Å². The first-order chi connectivity index (χ1) is 7.13. The molecule has 3 heteroatoms. The minimum absolute atomic E-state index is 0.00597. The fourth-order valence-electron chi connectivity index (χ4n) is 1.80. The highest BCUT2D eigenvalue weighted by Crippen LogP contribution is 2.17. The van der Waals surface area contributed by atoms with E-state index in [1.165, 1.54) is 0 Å². The molecule has 0 amide bonds. The van der Waals surface area contributed by atoms with Crippen LogP contribution in [0, 0.1) is 6.92 Å². The van der Waals surface area contributed by atoms with Crippen molar-refractivity contribution in [1.82, 2.24) is 4.57 Å². The first-order valence-corrected chi connectivity index (χ1v) is 4.93. The number of pyridine rings is 1. The predicted molar refractivity (Wildman–Crippen MR) is 61.8 cm³/mol. The zero-order valence-electron chi connectivity index (χ0n) is 8.95. The number of benzene rings is 1. The molecule has 0 bridgehead atoms. The van der Waals surface area contributed by atoms with Gasteiger partial charge in [0.25, 0.3) is 5.56 Å². The van der Waals surface area contributed by atoms with Gasteiger partial charge in [-0.3, -0.25) is 4.79 Å². The second-order valence-electron chi connectivity index (χ2n) is 3.79. The molecule has 0 radical (unpaired) electrons. The van der Waals surface area contributed by atoms with Gasteiger partial charge in [0, 0.05) is 25.0 Å². The van der Waals surface area contributed by atoms with Gasteiger partial charge in [-0.05, 0) is 24.1 Å². The van der Waals surface area contributed by atoms with Crippen molar-refractivity contribution in [3.63, 3.8) is 0 Å². The van der Waals surface area contributed by atoms with Crippen LogP contribution in [-0.2, 0) is 13.6 Å². The Labute approximate surface area is 88.1 Å². The van der Waals surface area contributed by atoms with Crippen LogP contribution in [-0.4, -0.2) is 4.57 Å². The number of nitrogens with two attached hydrogens (primary N) is 1. The summed E-state index contributed by atoms with van der Waals surface area (Å²) in [5.41, 5.74) is 8.62. The standard InChI is InChI=1S/C12H14N2O/c1-8-3-4-10-9(7-13)6-12(15)14(2)11(10)5-8/h3-6H,7,13H2,1-2H3. The third kappa shape index (κ3) is 1.55. The molecule has 0 aliphatic rings. The molecular weight excluding hydrogens is 188 g/mol. The Morgan fingerprint density at radius 2 is 2.07 bits per heavy atom. The lowest BCUT2D eigenvalue weighted by Crippen LogP contribution is -2.18. The van der Waals surface area contributed by atoms with Crippen LogP contribution in [0.5, 0.6) is 0 Å². The summed E-state index contributed by atoms with van der Waals surface area (Å²) >= 11 is 0. The zero-order chi connectivity index (χ0) is 11.0. The number of hydrogen-bond donors (Lipinski definition) is 1. The molecule has 0 aliphatic heterocycles. The van der Waals surface area contributed by atoms with E-state index in [9.17, 15) is 4.79 Å². The lowest BCUT2D eigenvalue weighted by atomic mass is 10.1. The van der Waals surface area contributed by atoms with Crippen LogP contribution in [0.4, 0.5) is 0 Å². The molecule has 0 unspecified atom stereocenters. The van der Waals surface area contributed by atoms with Gasteiger partial charge in [-0.1, -0.05) is 12.1 Å². The number of rotatable bonds is 1. The highest BCUT2D eigenvalue weighted by molar-refractivity contribution is 5.83. The van der Waals surface area contributed by atoms with Gasteiger partial charge in [0.15, 0.2) is 0 Å². The molecule has 2 aromatic rings. The molecule has 2 N–H and O–H groups in total. The van der Waals surface area contributed by atoms with Gasteiger partial charge in [-0.15, -0.1) is 0 Å². The third-order valence-electron chi connectivity index (χ3n) is 2.71. The summed E-state index contributed by atoms with van der Waals surface area (Å²) in [5.74, 6) is 0. The second kappa shape index (κ2) is 3.51. The summed E-state index contributed by atoms with van der Waals surface area (Å²) in [6.45, 7) is 2.41. The number of aryl methyl sites for hydroxylation is 2. The predicted octanol–water partition coefficient (Wildman–Crippen LogP) is 1.31. The molecule has 0 fully saturated rings. The molecule has 1 heterocycles. The maximum Gasteiger partial charge on any atom is 0.251 e. The van der Waals surface area contributed by atoms with Crippen LogP contribution >= 0.6 is 0 Å². The van der Waals surface area contributed by atoms with Crippen LogP contribution in [0.15, 0.2) is 29.1 Å². The molecule has 78 valence electrons. The van der Waals surface area contributed by atoms with Crippen LogP contribution in [0.25, 0.3) is 10.9 Å². The van der Waals surface area contributed by atoms with Gasteiger partial charge >= 0.3 is 0 Å². The highest BCUT2D eigenvalue weighted by atomic mass is 16.1. The second-order valence-corrected chi connectivity index (χ2v) is 3.79. The van der Waals surface area contributed by atoms with E-state index in [0.29, 0.717) is 6.54 Å². The van der Waals surface area contributed by atoms with E-state index in [1.807, 2.05) is 25.1 Å². The minimum Gasteiger partial charge on any atom is -0.326 e. The summed E-state index contributed by atoms with van der Waals surface area (Å²) in [4.78, 5) is 11.6. The van der Waals surface area contributed by atoms with Crippen molar-refractivity contribution in [3.8, 4) is 0 Å². The van der Waals surface area contributed by atoms with Crippen LogP contribution in [0.2, 0.25) is 0 Å². The highest BCUT2D eigenvalue weighted by Gasteiger charge is 2.04. The minimum atomic E-state index is -0.00597. The Morgan fingerprint density at radius 3 is 2.73 bits per heavy atom. The number of nitrogens with zero attached hydrogens (tertiary/aromatic N) is 1. The molecule has 0 atom stereocenters. The van der Waals surface area contributed by atoms with Crippen molar-refractivity contribution in [1.29, 1.82) is 0 Å². The number of aromatic nitrogens is 1. The first-order valence-electron chi connectivity index (χ1n) is 4.93. The maximum atomic E-state index is 11.6. The Balaban J connectivity index is 2.96. The van der Waals surface area contributed by atoms with E-state index < -0.39 is 0 Å². The lowest BCUT2D eigenvalue weighted by molar-refractivity contribution is 0.895. The van der Waals surface area contributed by atoms with Crippen molar-refractivity contribution in [2.45, 2.75) is 13.5 Å². The van der Waals surface area contributed by atoms with E-state index in [1.54, 1.807) is 17.7 Å². The first kappa shape index (κ1) is 9.93. The molecule has 0 aliphatic carbocycles. The van der Waals surface area contributed by atoms with Crippen molar-refractivity contribution in [2.24, 2.45) is 12.8 Å². The molecule has 1 aromatic heterocycles. The van der Waals surface area contributed by atoms with Gasteiger partial charge < -0.3 is 10.3 Å². The molecule has 1 aromatic carbocycles. The topological polar surface area (TPSA) is 48.0 Å². The van der Waals surface area contributed by atoms with E-state index in [2.05, 4.69) is 0 Å². The van der Waals surface area contributed by atoms with Gasteiger partial charge in [0.1, 0.15) is 0 Å². The normalized spacial score (nSPS) is 10.9. The van der Waals surface area contributed by atoms with Crippen LogP contribution in [0.1, 0.15) is 11.1 Å². The van der Waals surface area contributed by atoms with Crippen LogP contribution < -0.4 is 11.3 Å². The Bertz CT molecular complexity index is 570. The van der Waals surface area contributed by atoms with Crippen molar-refractivity contribution in [3.05, 3.63) is 45.7 Å². The Kier molecular flexibility index (Phi) is 2.32. The van der Waals surface area contributed by atoms with Gasteiger partial charge in [0.05, 0.1) is 5.52 Å². The zero-order valence-corrected chi connectivity index (χ0v) is 8.95. The largest absolute Gasteiger partial charge is 0.326 e. The molecule has 2 rings (SSSR count). The number of fused-ring (bicyclic) bond motifs is 1. The maximum absolute atomic E-state index is 11.6.